The highest BCUT2D eigenvalue weighted by molar-refractivity contribution is 4.75. The van der Waals surface area contributed by atoms with E-state index in [2.05, 4.69) is 9.80 Å². The van der Waals surface area contributed by atoms with Crippen LogP contribution >= 0.6 is 0 Å². The number of hydrogen-bond acceptors (Lipinski definition) is 3. The molecule has 0 aromatic heterocycles. The van der Waals surface area contributed by atoms with Crippen molar-refractivity contribution >= 4 is 0 Å². The van der Waals surface area contributed by atoms with E-state index in [9.17, 15) is 5.11 Å². The number of β-amino-alcohol motifs (C(OH)–C–C–N with tert-alkyl or cyclic N) is 1. The van der Waals surface area contributed by atoms with Gasteiger partial charge in [0, 0.05) is 26.2 Å². The van der Waals surface area contributed by atoms with Gasteiger partial charge in [-0.25, -0.2) is 0 Å². The smallest absolute Gasteiger partial charge is 0.0679 e. The van der Waals surface area contributed by atoms with Crippen LogP contribution in [0, 0.1) is 0 Å². The summed E-state index contributed by atoms with van der Waals surface area (Å²) in [7, 11) is 0. The highest BCUT2D eigenvalue weighted by Gasteiger charge is 2.20. The second kappa shape index (κ2) is 5.10. The summed E-state index contributed by atoms with van der Waals surface area (Å²) in [6.07, 6.45) is 5.08. The van der Waals surface area contributed by atoms with E-state index < -0.39 is 0 Å². The Morgan fingerprint density at radius 2 is 1.64 bits per heavy atom. The quantitative estimate of drug-likeness (QED) is 0.717. The number of hydrogen-bond donors (Lipinski definition) is 1. The molecule has 2 saturated heterocycles. The Labute approximate surface area is 86.7 Å². The summed E-state index contributed by atoms with van der Waals surface area (Å²) >= 11 is 0. The predicted molar refractivity (Wildman–Crippen MR) is 57.4 cm³/mol. The molecular formula is C11H22N2O. The molecule has 0 spiro atoms. The molecule has 2 aliphatic heterocycles. The zero-order chi connectivity index (χ0) is 9.80. The summed E-state index contributed by atoms with van der Waals surface area (Å²) in [6, 6.07) is 0. The second-order valence-corrected chi connectivity index (χ2v) is 4.65. The number of aliphatic hydroxyl groups is 1. The Morgan fingerprint density at radius 3 is 2.29 bits per heavy atom. The summed E-state index contributed by atoms with van der Waals surface area (Å²) < 4.78 is 0. The first kappa shape index (κ1) is 10.4. The second-order valence-electron chi connectivity index (χ2n) is 4.65. The van der Waals surface area contributed by atoms with E-state index in [0.717, 1.165) is 26.1 Å². The first-order valence-corrected chi connectivity index (χ1v) is 5.97. The minimum Gasteiger partial charge on any atom is -0.392 e. The van der Waals surface area contributed by atoms with Gasteiger partial charge in [-0.3, -0.25) is 4.90 Å². The maximum atomic E-state index is 9.38. The molecule has 0 aromatic rings. The Balaban J connectivity index is 1.61. The van der Waals surface area contributed by atoms with Crippen molar-refractivity contribution in [2.45, 2.75) is 31.8 Å². The van der Waals surface area contributed by atoms with Crippen LogP contribution in [0.4, 0.5) is 0 Å². The van der Waals surface area contributed by atoms with E-state index in [0.29, 0.717) is 0 Å². The molecule has 2 fully saturated rings. The number of aliphatic hydroxyl groups excluding tert-OH is 1. The van der Waals surface area contributed by atoms with Crippen molar-refractivity contribution in [3.05, 3.63) is 0 Å². The maximum absolute atomic E-state index is 9.38. The molecule has 1 N–H and O–H groups in total. The van der Waals surface area contributed by atoms with Gasteiger partial charge >= 0.3 is 0 Å². The summed E-state index contributed by atoms with van der Waals surface area (Å²) in [4.78, 5) is 4.95. The molecule has 0 unspecified atom stereocenters. The van der Waals surface area contributed by atoms with Crippen molar-refractivity contribution in [3.8, 4) is 0 Å². The van der Waals surface area contributed by atoms with Crippen molar-refractivity contribution < 1.29 is 5.11 Å². The van der Waals surface area contributed by atoms with Crippen molar-refractivity contribution in [2.75, 3.05) is 39.3 Å². The van der Waals surface area contributed by atoms with Gasteiger partial charge in [-0.05, 0) is 32.4 Å². The minimum absolute atomic E-state index is 0.0589. The minimum atomic E-state index is -0.0589. The Kier molecular flexibility index (Phi) is 3.79. The Hall–Kier alpha value is -0.120. The Bertz CT molecular complexity index is 164. The van der Waals surface area contributed by atoms with Gasteiger partial charge in [0.15, 0.2) is 0 Å². The van der Waals surface area contributed by atoms with Gasteiger partial charge in [0.2, 0.25) is 0 Å². The molecule has 0 amide bonds. The molecule has 0 radical (unpaired) electrons. The van der Waals surface area contributed by atoms with Crippen LogP contribution in [0.3, 0.4) is 0 Å². The molecule has 0 saturated carbocycles. The van der Waals surface area contributed by atoms with Crippen molar-refractivity contribution in [1.82, 2.24) is 9.80 Å². The van der Waals surface area contributed by atoms with Crippen LogP contribution in [-0.2, 0) is 0 Å². The largest absolute Gasteiger partial charge is 0.392 e. The molecule has 0 aliphatic carbocycles. The molecule has 3 heteroatoms. The molecule has 3 nitrogen and oxygen atoms in total. The predicted octanol–water partition coefficient (Wildman–Crippen LogP) is 0.539. The lowest BCUT2D eigenvalue weighted by atomic mass is 10.1. The van der Waals surface area contributed by atoms with Crippen molar-refractivity contribution in [3.63, 3.8) is 0 Å². The fraction of sp³-hybridized carbons (Fsp3) is 1.00. The van der Waals surface area contributed by atoms with E-state index in [1.165, 1.54) is 38.9 Å². The fourth-order valence-electron chi connectivity index (χ4n) is 2.48. The third-order valence-corrected chi connectivity index (χ3v) is 3.43. The zero-order valence-corrected chi connectivity index (χ0v) is 8.99. The average molecular weight is 198 g/mol. The fourth-order valence-corrected chi connectivity index (χ4v) is 2.48. The van der Waals surface area contributed by atoms with Crippen LogP contribution in [0.1, 0.15) is 25.7 Å². The van der Waals surface area contributed by atoms with Gasteiger partial charge in [0.1, 0.15) is 0 Å². The monoisotopic (exact) mass is 198 g/mol. The summed E-state index contributed by atoms with van der Waals surface area (Å²) in [5.41, 5.74) is 0. The molecule has 2 rings (SSSR count). The average Bonchev–Trinajstić information content (AvgIpc) is 2.63. The topological polar surface area (TPSA) is 26.7 Å². The third-order valence-electron chi connectivity index (χ3n) is 3.43. The SMILES string of the molecule is O[C@@H]1CCN(CCN2CCCCC2)C1. The number of rotatable bonds is 3. The van der Waals surface area contributed by atoms with Gasteiger partial charge in [-0.2, -0.15) is 0 Å². The van der Waals surface area contributed by atoms with Gasteiger partial charge in [-0.15, -0.1) is 0 Å². The highest BCUT2D eigenvalue weighted by Crippen LogP contribution is 2.11. The van der Waals surface area contributed by atoms with E-state index in [-0.39, 0.29) is 6.10 Å². The maximum Gasteiger partial charge on any atom is 0.0679 e. The molecule has 0 bridgehead atoms. The summed E-state index contributed by atoms with van der Waals surface area (Å²) in [5.74, 6) is 0. The van der Waals surface area contributed by atoms with Crippen LogP contribution in [0.2, 0.25) is 0 Å². The zero-order valence-electron chi connectivity index (χ0n) is 8.99. The van der Waals surface area contributed by atoms with Crippen LogP contribution in [-0.4, -0.2) is 60.3 Å². The normalized spacial score (nSPS) is 31.1. The highest BCUT2D eigenvalue weighted by atomic mass is 16.3. The lowest BCUT2D eigenvalue weighted by Crippen LogP contribution is -2.37. The van der Waals surface area contributed by atoms with Crippen LogP contribution in [0.25, 0.3) is 0 Å². The summed E-state index contributed by atoms with van der Waals surface area (Å²) in [6.45, 7) is 6.92. The molecule has 2 aliphatic rings. The number of likely N-dealkylation sites (tertiary alicyclic amines) is 2. The lowest BCUT2D eigenvalue weighted by molar-refractivity contribution is 0.161. The molecule has 2 heterocycles. The first-order chi connectivity index (χ1) is 6.84. The molecule has 82 valence electrons. The molecular weight excluding hydrogens is 176 g/mol. The lowest BCUT2D eigenvalue weighted by Gasteiger charge is -2.28. The number of nitrogens with zero attached hydrogens (tertiary/aromatic N) is 2. The van der Waals surface area contributed by atoms with Crippen LogP contribution in [0.15, 0.2) is 0 Å². The number of piperidine rings is 1. The standard InChI is InChI=1S/C11H22N2O/c14-11-4-7-13(10-11)9-8-12-5-2-1-3-6-12/h11,14H,1-10H2/t11-/m1/s1. The van der Waals surface area contributed by atoms with Gasteiger partial charge in [-0.1, -0.05) is 6.42 Å². The van der Waals surface area contributed by atoms with E-state index >= 15 is 0 Å². The summed E-state index contributed by atoms with van der Waals surface area (Å²) in [5, 5.41) is 9.38. The molecule has 14 heavy (non-hydrogen) atoms. The van der Waals surface area contributed by atoms with Crippen molar-refractivity contribution in [2.24, 2.45) is 0 Å². The first-order valence-electron chi connectivity index (χ1n) is 5.97. The van der Waals surface area contributed by atoms with E-state index in [1.54, 1.807) is 0 Å². The van der Waals surface area contributed by atoms with E-state index in [4.69, 9.17) is 0 Å². The van der Waals surface area contributed by atoms with Crippen LogP contribution < -0.4 is 0 Å². The van der Waals surface area contributed by atoms with Crippen LogP contribution in [0.5, 0.6) is 0 Å². The van der Waals surface area contributed by atoms with Gasteiger partial charge in [0.25, 0.3) is 0 Å². The molecule has 1 atom stereocenters. The molecule has 0 aromatic carbocycles. The van der Waals surface area contributed by atoms with Crippen molar-refractivity contribution in [1.29, 1.82) is 0 Å². The Morgan fingerprint density at radius 1 is 0.929 bits per heavy atom. The van der Waals surface area contributed by atoms with Gasteiger partial charge in [0.05, 0.1) is 6.10 Å². The van der Waals surface area contributed by atoms with Gasteiger partial charge < -0.3 is 10.0 Å². The third kappa shape index (κ3) is 2.94. The van der Waals surface area contributed by atoms with E-state index in [1.807, 2.05) is 0 Å².